The van der Waals surface area contributed by atoms with E-state index in [0.29, 0.717) is 24.2 Å². The monoisotopic (exact) mass is 395 g/mol. The lowest BCUT2D eigenvalue weighted by Gasteiger charge is -2.17. The van der Waals surface area contributed by atoms with E-state index in [1.165, 1.54) is 6.92 Å². The summed E-state index contributed by atoms with van der Waals surface area (Å²) in [6.45, 7) is 2.01. The summed E-state index contributed by atoms with van der Waals surface area (Å²) >= 11 is 0. The molecular weight excluding hydrogens is 374 g/mol. The molecule has 2 aromatic rings. The summed E-state index contributed by atoms with van der Waals surface area (Å²) in [5.74, 6) is -1.85. The number of amides is 3. The van der Waals surface area contributed by atoms with Crippen LogP contribution in [0.4, 0.5) is 5.69 Å². The summed E-state index contributed by atoms with van der Waals surface area (Å²) in [6.07, 6.45) is 0.135. The number of carbonyl (C=O) groups is 4. The predicted molar refractivity (Wildman–Crippen MR) is 105 cm³/mol. The fourth-order valence-corrected chi connectivity index (χ4v) is 2.89. The second kappa shape index (κ2) is 9.01. The standard InChI is InChI=1S/C21H21N3O5/c1-14(19(26)22-23-20(27)15-7-3-2-4-8-15)29-21(28)16-9-5-10-17(13-16)24-12-6-11-18(24)25/h2-5,7-10,13-14H,6,11-12H2,1H3,(H,22,26)(H,23,27)/t14-/m1/s1. The second-order valence-electron chi connectivity index (χ2n) is 6.56. The van der Waals surface area contributed by atoms with Crippen LogP contribution >= 0.6 is 0 Å². The molecule has 1 aliphatic heterocycles. The van der Waals surface area contributed by atoms with Gasteiger partial charge in [-0.1, -0.05) is 24.3 Å². The molecule has 1 saturated heterocycles. The topological polar surface area (TPSA) is 105 Å². The van der Waals surface area contributed by atoms with Crippen LogP contribution in [0.15, 0.2) is 54.6 Å². The molecule has 29 heavy (non-hydrogen) atoms. The van der Waals surface area contributed by atoms with Gasteiger partial charge in [0.25, 0.3) is 11.8 Å². The number of carbonyl (C=O) groups excluding carboxylic acids is 4. The first-order chi connectivity index (χ1) is 14.0. The van der Waals surface area contributed by atoms with E-state index in [4.69, 9.17) is 4.74 Å². The van der Waals surface area contributed by atoms with Crippen LogP contribution in [0.3, 0.4) is 0 Å². The van der Waals surface area contributed by atoms with E-state index in [1.807, 2.05) is 0 Å². The van der Waals surface area contributed by atoms with Crippen LogP contribution in [0.1, 0.15) is 40.5 Å². The van der Waals surface area contributed by atoms with Gasteiger partial charge >= 0.3 is 5.97 Å². The van der Waals surface area contributed by atoms with Crippen molar-refractivity contribution >= 4 is 29.4 Å². The summed E-state index contributed by atoms with van der Waals surface area (Å²) in [7, 11) is 0. The Hall–Kier alpha value is -3.68. The van der Waals surface area contributed by atoms with Crippen molar-refractivity contribution in [1.82, 2.24) is 10.9 Å². The van der Waals surface area contributed by atoms with E-state index < -0.39 is 23.9 Å². The van der Waals surface area contributed by atoms with Gasteiger partial charge in [-0.2, -0.15) is 0 Å². The summed E-state index contributed by atoms with van der Waals surface area (Å²) in [6, 6.07) is 14.9. The SMILES string of the molecule is C[C@@H](OC(=O)c1cccc(N2CCCC2=O)c1)C(=O)NNC(=O)c1ccccc1. The molecule has 2 aromatic carbocycles. The molecule has 0 saturated carbocycles. The van der Waals surface area contributed by atoms with E-state index in [9.17, 15) is 19.2 Å². The Kier molecular flexibility index (Phi) is 6.23. The number of anilines is 1. The van der Waals surface area contributed by atoms with Crippen LogP contribution < -0.4 is 15.8 Å². The Morgan fingerprint density at radius 1 is 1.00 bits per heavy atom. The van der Waals surface area contributed by atoms with Gasteiger partial charge in [0.1, 0.15) is 0 Å². The lowest BCUT2D eigenvalue weighted by molar-refractivity contribution is -0.129. The molecule has 0 bridgehead atoms. The molecule has 1 fully saturated rings. The highest BCUT2D eigenvalue weighted by Crippen LogP contribution is 2.22. The number of esters is 1. The summed E-state index contributed by atoms with van der Waals surface area (Å²) in [5, 5.41) is 0. The average Bonchev–Trinajstić information content (AvgIpc) is 3.18. The normalized spacial score (nSPS) is 14.2. The third kappa shape index (κ3) is 4.98. The van der Waals surface area contributed by atoms with E-state index in [1.54, 1.807) is 59.5 Å². The molecule has 3 rings (SSSR count). The van der Waals surface area contributed by atoms with Crippen molar-refractivity contribution < 1.29 is 23.9 Å². The molecule has 150 valence electrons. The molecular formula is C21H21N3O5. The van der Waals surface area contributed by atoms with Gasteiger partial charge in [-0.3, -0.25) is 25.2 Å². The number of hydrazine groups is 1. The molecule has 0 unspecified atom stereocenters. The first-order valence-electron chi connectivity index (χ1n) is 9.22. The van der Waals surface area contributed by atoms with Crippen LogP contribution in [0.5, 0.6) is 0 Å². The number of nitrogens with zero attached hydrogens (tertiary/aromatic N) is 1. The largest absolute Gasteiger partial charge is 0.449 e. The quantitative estimate of drug-likeness (QED) is 0.594. The van der Waals surface area contributed by atoms with Crippen molar-refractivity contribution in [1.29, 1.82) is 0 Å². The third-order valence-electron chi connectivity index (χ3n) is 4.46. The fourth-order valence-electron chi connectivity index (χ4n) is 2.89. The molecule has 1 heterocycles. The van der Waals surface area contributed by atoms with Gasteiger partial charge in [0, 0.05) is 24.2 Å². The van der Waals surface area contributed by atoms with Crippen molar-refractivity contribution in [2.24, 2.45) is 0 Å². The van der Waals surface area contributed by atoms with Gasteiger partial charge < -0.3 is 9.64 Å². The highest BCUT2D eigenvalue weighted by Gasteiger charge is 2.24. The van der Waals surface area contributed by atoms with Gasteiger partial charge in [0.15, 0.2) is 6.10 Å². The van der Waals surface area contributed by atoms with Crippen LogP contribution in [-0.4, -0.2) is 36.3 Å². The van der Waals surface area contributed by atoms with E-state index in [2.05, 4.69) is 10.9 Å². The van der Waals surface area contributed by atoms with Crippen molar-refractivity contribution in [2.45, 2.75) is 25.9 Å². The Morgan fingerprint density at radius 2 is 1.72 bits per heavy atom. The Balaban J connectivity index is 1.55. The number of ether oxygens (including phenoxy) is 1. The number of hydrogen-bond acceptors (Lipinski definition) is 5. The number of nitrogens with one attached hydrogen (secondary N) is 2. The molecule has 1 atom stereocenters. The van der Waals surface area contributed by atoms with Crippen LogP contribution in [0.2, 0.25) is 0 Å². The zero-order chi connectivity index (χ0) is 20.8. The van der Waals surface area contributed by atoms with Gasteiger partial charge in [-0.15, -0.1) is 0 Å². The molecule has 1 aliphatic rings. The van der Waals surface area contributed by atoms with Crippen LogP contribution in [0, 0.1) is 0 Å². The van der Waals surface area contributed by atoms with Gasteiger partial charge in [0.2, 0.25) is 5.91 Å². The summed E-state index contributed by atoms with van der Waals surface area (Å²) in [5.41, 5.74) is 5.73. The summed E-state index contributed by atoms with van der Waals surface area (Å²) < 4.78 is 5.17. The van der Waals surface area contributed by atoms with Gasteiger partial charge in [-0.05, 0) is 43.7 Å². The zero-order valence-electron chi connectivity index (χ0n) is 15.9. The average molecular weight is 395 g/mol. The molecule has 8 nitrogen and oxygen atoms in total. The Labute approximate surface area is 167 Å². The predicted octanol–water partition coefficient (Wildman–Crippen LogP) is 1.82. The molecule has 0 spiro atoms. The molecule has 0 aliphatic carbocycles. The lowest BCUT2D eigenvalue weighted by atomic mass is 10.2. The molecule has 2 N–H and O–H groups in total. The fraction of sp³-hybridized carbons (Fsp3) is 0.238. The molecule has 0 aromatic heterocycles. The minimum Gasteiger partial charge on any atom is -0.449 e. The van der Waals surface area contributed by atoms with E-state index in [-0.39, 0.29) is 11.5 Å². The van der Waals surface area contributed by atoms with E-state index in [0.717, 1.165) is 6.42 Å². The van der Waals surface area contributed by atoms with Crippen molar-refractivity contribution in [3.8, 4) is 0 Å². The maximum atomic E-state index is 12.4. The molecule has 0 radical (unpaired) electrons. The molecule has 8 heteroatoms. The highest BCUT2D eigenvalue weighted by molar-refractivity contribution is 5.98. The zero-order valence-corrected chi connectivity index (χ0v) is 15.9. The minimum absolute atomic E-state index is 0.0115. The smallest absolute Gasteiger partial charge is 0.338 e. The Morgan fingerprint density at radius 3 is 2.41 bits per heavy atom. The van der Waals surface area contributed by atoms with Gasteiger partial charge in [-0.25, -0.2) is 4.79 Å². The maximum Gasteiger partial charge on any atom is 0.338 e. The highest BCUT2D eigenvalue weighted by atomic mass is 16.5. The Bertz CT molecular complexity index is 929. The van der Waals surface area contributed by atoms with Crippen LogP contribution in [0.25, 0.3) is 0 Å². The van der Waals surface area contributed by atoms with Crippen molar-refractivity contribution in [2.75, 3.05) is 11.4 Å². The van der Waals surface area contributed by atoms with Crippen LogP contribution in [-0.2, 0) is 14.3 Å². The number of rotatable bonds is 5. The van der Waals surface area contributed by atoms with Crippen molar-refractivity contribution in [3.63, 3.8) is 0 Å². The second-order valence-corrected chi connectivity index (χ2v) is 6.56. The van der Waals surface area contributed by atoms with E-state index >= 15 is 0 Å². The minimum atomic E-state index is -1.13. The first kappa shape index (κ1) is 20.1. The van der Waals surface area contributed by atoms with Gasteiger partial charge in [0.05, 0.1) is 5.56 Å². The lowest BCUT2D eigenvalue weighted by Crippen LogP contribution is -2.46. The number of benzene rings is 2. The maximum absolute atomic E-state index is 12.4. The van der Waals surface area contributed by atoms with Crippen molar-refractivity contribution in [3.05, 3.63) is 65.7 Å². The third-order valence-corrected chi connectivity index (χ3v) is 4.46. The summed E-state index contributed by atoms with van der Waals surface area (Å²) in [4.78, 5) is 49.9. The first-order valence-corrected chi connectivity index (χ1v) is 9.22. The number of hydrogen-bond donors (Lipinski definition) is 2. The molecule has 3 amide bonds.